The second-order valence-corrected chi connectivity index (χ2v) is 14.8. The molecule has 0 amide bonds. The molecule has 1 aromatic heterocycles. The van der Waals surface area contributed by atoms with Crippen molar-refractivity contribution in [3.63, 3.8) is 0 Å². The van der Waals surface area contributed by atoms with E-state index < -0.39 is 0 Å². The van der Waals surface area contributed by atoms with Crippen molar-refractivity contribution in [1.82, 2.24) is 4.57 Å². The van der Waals surface area contributed by atoms with Crippen LogP contribution in [0.1, 0.15) is 0 Å². The van der Waals surface area contributed by atoms with E-state index in [0.29, 0.717) is 0 Å². The van der Waals surface area contributed by atoms with Gasteiger partial charge < -0.3 is 9.47 Å². The lowest BCUT2D eigenvalue weighted by Gasteiger charge is -2.31. The zero-order valence-electron chi connectivity index (χ0n) is 31.8. The summed E-state index contributed by atoms with van der Waals surface area (Å²) in [6.45, 7) is 0. The Kier molecular flexibility index (Phi) is 8.19. The van der Waals surface area contributed by atoms with Crippen LogP contribution in [0.3, 0.4) is 0 Å². The van der Waals surface area contributed by atoms with Gasteiger partial charge in [-0.25, -0.2) is 0 Å². The Bertz CT molecular complexity index is 3290. The van der Waals surface area contributed by atoms with Crippen LogP contribution in [0.4, 0.5) is 17.1 Å². The molecule has 2 nitrogen and oxygen atoms in total. The predicted octanol–water partition coefficient (Wildman–Crippen LogP) is 15.6. The normalized spacial score (nSPS) is 11.4. The minimum absolute atomic E-state index is 1.11. The highest BCUT2D eigenvalue weighted by Crippen LogP contribution is 2.50. The Morgan fingerprint density at radius 3 is 1.55 bits per heavy atom. The first-order valence-corrected chi connectivity index (χ1v) is 19.9. The summed E-state index contributed by atoms with van der Waals surface area (Å²) >= 11 is 0. The largest absolute Gasteiger partial charge is 0.309 e. The van der Waals surface area contributed by atoms with Crippen LogP contribution in [0.5, 0.6) is 0 Å². The van der Waals surface area contributed by atoms with E-state index in [1.54, 1.807) is 0 Å². The summed E-state index contributed by atoms with van der Waals surface area (Å²) in [5, 5.41) is 7.29. The molecule has 272 valence electrons. The maximum atomic E-state index is 2.54. The molecular weight excluding hydrogens is 701 g/mol. The van der Waals surface area contributed by atoms with Gasteiger partial charge in [-0.3, -0.25) is 0 Å². The maximum absolute atomic E-state index is 2.54. The number of aromatic nitrogens is 1. The minimum Gasteiger partial charge on any atom is -0.309 e. The predicted molar refractivity (Wildman–Crippen MR) is 247 cm³/mol. The lowest BCUT2D eigenvalue weighted by Crippen LogP contribution is -2.12. The van der Waals surface area contributed by atoms with Gasteiger partial charge in [0.05, 0.1) is 28.1 Å². The standard InChI is InChI=1S/C56H38N2/c1-3-20-39(21-4-1)42-25-9-10-27-44(42)46-29-11-12-30-47(46)48-31-15-17-34-51(48)58(55-38-40-22-7-8-26-43(40)45-28-13-14-32-49(45)55)54-37-19-36-53-56(54)50-33-16-18-35-52(50)57(53)41-23-5-2-6-24-41/h1-38H. The molecule has 0 spiro atoms. The molecule has 0 atom stereocenters. The van der Waals surface area contributed by atoms with Gasteiger partial charge in [-0.1, -0.05) is 188 Å². The van der Waals surface area contributed by atoms with Gasteiger partial charge in [-0.05, 0) is 86.4 Å². The molecule has 0 fully saturated rings. The highest BCUT2D eigenvalue weighted by Gasteiger charge is 2.26. The lowest BCUT2D eigenvalue weighted by atomic mass is 9.88. The fourth-order valence-electron chi connectivity index (χ4n) is 9.09. The molecular formula is C56H38N2. The van der Waals surface area contributed by atoms with Crippen LogP contribution in [0.25, 0.3) is 82.4 Å². The van der Waals surface area contributed by atoms with Crippen molar-refractivity contribution in [3.8, 4) is 39.1 Å². The Labute approximate surface area is 338 Å². The molecule has 2 heteroatoms. The molecule has 0 saturated heterocycles. The molecule has 0 radical (unpaired) electrons. The Morgan fingerprint density at radius 2 is 0.793 bits per heavy atom. The minimum atomic E-state index is 1.11. The van der Waals surface area contributed by atoms with Gasteiger partial charge in [-0.2, -0.15) is 0 Å². The van der Waals surface area contributed by atoms with E-state index in [9.17, 15) is 0 Å². The molecule has 0 unspecified atom stereocenters. The first-order valence-electron chi connectivity index (χ1n) is 19.9. The van der Waals surface area contributed by atoms with Crippen LogP contribution in [0, 0.1) is 0 Å². The van der Waals surface area contributed by atoms with Crippen molar-refractivity contribution in [1.29, 1.82) is 0 Å². The molecule has 11 rings (SSSR count). The Balaban J connectivity index is 1.25. The van der Waals surface area contributed by atoms with Crippen molar-refractivity contribution in [2.75, 3.05) is 4.90 Å². The molecule has 1 heterocycles. The number of hydrogen-bond donors (Lipinski definition) is 0. The van der Waals surface area contributed by atoms with E-state index in [-0.39, 0.29) is 0 Å². The number of para-hydroxylation sites is 3. The monoisotopic (exact) mass is 738 g/mol. The summed E-state index contributed by atoms with van der Waals surface area (Å²) in [5.74, 6) is 0. The van der Waals surface area contributed by atoms with Crippen LogP contribution in [-0.2, 0) is 0 Å². The van der Waals surface area contributed by atoms with Crippen molar-refractivity contribution < 1.29 is 0 Å². The topological polar surface area (TPSA) is 8.17 Å². The Hall–Kier alpha value is -7.68. The van der Waals surface area contributed by atoms with Crippen LogP contribution in [-0.4, -0.2) is 4.57 Å². The number of nitrogens with zero attached hydrogens (tertiary/aromatic N) is 2. The van der Waals surface area contributed by atoms with E-state index in [2.05, 4.69) is 240 Å². The third kappa shape index (κ3) is 5.50. The second kappa shape index (κ2) is 14.1. The third-order valence-corrected chi connectivity index (χ3v) is 11.6. The maximum Gasteiger partial charge on any atom is 0.0562 e. The smallest absolute Gasteiger partial charge is 0.0562 e. The number of rotatable bonds is 7. The van der Waals surface area contributed by atoms with Crippen molar-refractivity contribution >= 4 is 60.4 Å². The molecule has 11 aromatic rings. The van der Waals surface area contributed by atoms with Crippen molar-refractivity contribution in [3.05, 3.63) is 231 Å². The highest BCUT2D eigenvalue weighted by molar-refractivity contribution is 6.20. The summed E-state index contributed by atoms with van der Waals surface area (Å²) in [5.41, 5.74) is 14.0. The molecule has 0 N–H and O–H groups in total. The SMILES string of the molecule is c1ccc(-c2ccccc2-c2ccccc2-c2ccccc2N(c2cc3ccccc3c3ccccc23)c2cccc3c2c2ccccc2n3-c2ccccc2)cc1. The first-order chi connectivity index (χ1) is 28.8. The number of hydrogen-bond acceptors (Lipinski definition) is 1. The molecule has 0 bridgehead atoms. The number of anilines is 3. The van der Waals surface area contributed by atoms with Gasteiger partial charge in [-0.15, -0.1) is 0 Å². The summed E-state index contributed by atoms with van der Waals surface area (Å²) in [7, 11) is 0. The van der Waals surface area contributed by atoms with E-state index in [4.69, 9.17) is 0 Å². The fourth-order valence-corrected chi connectivity index (χ4v) is 9.09. The van der Waals surface area contributed by atoms with Crippen LogP contribution in [0.15, 0.2) is 231 Å². The van der Waals surface area contributed by atoms with E-state index in [1.807, 2.05) is 0 Å². The van der Waals surface area contributed by atoms with E-state index in [1.165, 1.54) is 65.7 Å². The zero-order chi connectivity index (χ0) is 38.4. The fraction of sp³-hybridized carbons (Fsp3) is 0. The van der Waals surface area contributed by atoms with Crippen LogP contribution in [0.2, 0.25) is 0 Å². The Morgan fingerprint density at radius 1 is 0.293 bits per heavy atom. The molecule has 58 heavy (non-hydrogen) atoms. The van der Waals surface area contributed by atoms with Crippen molar-refractivity contribution in [2.24, 2.45) is 0 Å². The van der Waals surface area contributed by atoms with Gasteiger partial charge in [0.15, 0.2) is 0 Å². The highest BCUT2D eigenvalue weighted by atomic mass is 15.2. The quantitative estimate of drug-likeness (QED) is 0.148. The van der Waals surface area contributed by atoms with E-state index in [0.717, 1.165) is 33.8 Å². The average Bonchev–Trinajstić information content (AvgIpc) is 3.65. The van der Waals surface area contributed by atoms with Gasteiger partial charge in [0.2, 0.25) is 0 Å². The first kappa shape index (κ1) is 33.6. The van der Waals surface area contributed by atoms with Crippen LogP contribution < -0.4 is 4.90 Å². The van der Waals surface area contributed by atoms with Gasteiger partial charge in [0, 0.05) is 27.4 Å². The molecule has 0 aliphatic heterocycles. The zero-order valence-corrected chi connectivity index (χ0v) is 31.8. The third-order valence-electron chi connectivity index (χ3n) is 11.6. The summed E-state index contributed by atoms with van der Waals surface area (Å²) in [6.07, 6.45) is 0. The van der Waals surface area contributed by atoms with Crippen molar-refractivity contribution in [2.45, 2.75) is 0 Å². The van der Waals surface area contributed by atoms with Crippen LogP contribution >= 0.6 is 0 Å². The number of fused-ring (bicyclic) bond motifs is 6. The summed E-state index contributed by atoms with van der Waals surface area (Å²) < 4.78 is 2.41. The lowest BCUT2D eigenvalue weighted by molar-refractivity contribution is 1.18. The van der Waals surface area contributed by atoms with Gasteiger partial charge >= 0.3 is 0 Å². The summed E-state index contributed by atoms with van der Waals surface area (Å²) in [4.78, 5) is 2.54. The van der Waals surface area contributed by atoms with Gasteiger partial charge in [0.1, 0.15) is 0 Å². The average molecular weight is 739 g/mol. The molecule has 0 aliphatic carbocycles. The number of benzene rings is 10. The summed E-state index contributed by atoms with van der Waals surface area (Å²) in [6, 6.07) is 83.8. The molecule has 10 aromatic carbocycles. The molecule has 0 saturated carbocycles. The second-order valence-electron chi connectivity index (χ2n) is 14.8. The van der Waals surface area contributed by atoms with E-state index >= 15 is 0 Å². The molecule has 0 aliphatic rings. The van der Waals surface area contributed by atoms with Gasteiger partial charge in [0.25, 0.3) is 0 Å².